The van der Waals surface area contributed by atoms with Gasteiger partial charge in [-0.3, -0.25) is 4.79 Å². The highest BCUT2D eigenvalue weighted by Crippen LogP contribution is 2.04. The van der Waals surface area contributed by atoms with E-state index in [-0.39, 0.29) is 25.2 Å². The highest BCUT2D eigenvalue weighted by atomic mass is 35.5. The number of rotatable bonds is 4. The summed E-state index contributed by atoms with van der Waals surface area (Å²) in [7, 11) is 0. The van der Waals surface area contributed by atoms with Gasteiger partial charge in [-0.25, -0.2) is 8.78 Å². The highest BCUT2D eigenvalue weighted by Gasteiger charge is 2.15. The molecule has 3 nitrogen and oxygen atoms in total. The van der Waals surface area contributed by atoms with Gasteiger partial charge in [-0.1, -0.05) is 0 Å². The van der Waals surface area contributed by atoms with Crippen LogP contribution in [0.5, 0.6) is 0 Å². The summed E-state index contributed by atoms with van der Waals surface area (Å²) < 4.78 is 23.1. The summed E-state index contributed by atoms with van der Waals surface area (Å²) in [6.45, 7) is 0. The van der Waals surface area contributed by atoms with Crippen molar-refractivity contribution in [3.05, 3.63) is 0 Å². The molecular weight excluding hydrogens is 180 g/mol. The first-order valence-electron chi connectivity index (χ1n) is 2.79. The van der Waals surface area contributed by atoms with Crippen LogP contribution >= 0.6 is 12.4 Å². The molecule has 0 aromatic heterocycles. The van der Waals surface area contributed by atoms with Crippen molar-refractivity contribution in [3.8, 4) is 0 Å². The predicted molar refractivity (Wildman–Crippen MR) is 38.1 cm³/mol. The molecule has 0 bridgehead atoms. The molecule has 11 heavy (non-hydrogen) atoms. The second-order valence-corrected chi connectivity index (χ2v) is 1.93. The lowest BCUT2D eigenvalue weighted by molar-refractivity contribution is -0.137. The van der Waals surface area contributed by atoms with Crippen LogP contribution in [-0.4, -0.2) is 23.5 Å². The molecule has 0 aromatic carbocycles. The number of hydrogen-bond acceptors (Lipinski definition) is 2. The number of nitrogens with two attached hydrogens (primary N) is 1. The fourth-order valence-electron chi connectivity index (χ4n) is 0.416. The Morgan fingerprint density at radius 1 is 1.55 bits per heavy atom. The van der Waals surface area contributed by atoms with Gasteiger partial charge < -0.3 is 10.8 Å². The van der Waals surface area contributed by atoms with Crippen molar-refractivity contribution in [3.63, 3.8) is 0 Å². The van der Waals surface area contributed by atoms with E-state index >= 15 is 0 Å². The van der Waals surface area contributed by atoms with Gasteiger partial charge >= 0.3 is 5.97 Å². The first-order valence-corrected chi connectivity index (χ1v) is 2.79. The third-order valence-corrected chi connectivity index (χ3v) is 1.02. The van der Waals surface area contributed by atoms with E-state index in [1.807, 2.05) is 0 Å². The number of alkyl halides is 2. The number of halogens is 3. The summed E-state index contributed by atoms with van der Waals surface area (Å²) in [5, 5.41) is 8.04. The third-order valence-electron chi connectivity index (χ3n) is 1.02. The second kappa shape index (κ2) is 6.30. The zero-order valence-electron chi connectivity index (χ0n) is 5.67. The quantitative estimate of drug-likeness (QED) is 0.690. The van der Waals surface area contributed by atoms with E-state index in [2.05, 4.69) is 0 Å². The van der Waals surface area contributed by atoms with E-state index in [0.717, 1.165) is 0 Å². The fourth-order valence-corrected chi connectivity index (χ4v) is 0.416. The van der Waals surface area contributed by atoms with Crippen molar-refractivity contribution in [2.45, 2.75) is 25.3 Å². The summed E-state index contributed by atoms with van der Waals surface area (Å²) in [4.78, 5) is 9.83. The van der Waals surface area contributed by atoms with Gasteiger partial charge in [0.15, 0.2) is 0 Å². The second-order valence-electron chi connectivity index (χ2n) is 1.93. The van der Waals surface area contributed by atoms with Crippen LogP contribution in [0, 0.1) is 0 Å². The molecule has 0 aromatic rings. The summed E-state index contributed by atoms with van der Waals surface area (Å²) in [5.74, 6) is -1.10. The fraction of sp³-hybridized carbons (Fsp3) is 0.800. The lowest BCUT2D eigenvalue weighted by Gasteiger charge is -2.06. The van der Waals surface area contributed by atoms with Crippen LogP contribution in [0.3, 0.4) is 0 Å². The average Bonchev–Trinajstić information content (AvgIpc) is 1.82. The summed E-state index contributed by atoms with van der Waals surface area (Å²) in [5.41, 5.74) is 4.85. The van der Waals surface area contributed by atoms with Crippen molar-refractivity contribution in [1.82, 2.24) is 0 Å². The lowest BCUT2D eigenvalue weighted by Crippen LogP contribution is -2.29. The molecule has 0 radical (unpaired) electrons. The minimum absolute atomic E-state index is 0. The zero-order valence-corrected chi connectivity index (χ0v) is 6.48. The van der Waals surface area contributed by atoms with Gasteiger partial charge in [-0.2, -0.15) is 0 Å². The standard InChI is InChI=1S/C5H9F2NO2.ClH/c6-5(7)3(8)1-2-4(9)10;/h3,5H,1-2,8H2,(H,9,10);1H. The maximum atomic E-state index is 11.6. The van der Waals surface area contributed by atoms with Gasteiger partial charge in [-0.05, 0) is 6.42 Å². The Bertz CT molecular complexity index is 123. The minimum atomic E-state index is -2.63. The van der Waals surface area contributed by atoms with E-state index in [9.17, 15) is 13.6 Å². The first kappa shape index (κ1) is 13.2. The van der Waals surface area contributed by atoms with Crippen molar-refractivity contribution in [2.24, 2.45) is 5.73 Å². The Kier molecular flexibility index (Phi) is 7.55. The largest absolute Gasteiger partial charge is 0.481 e. The molecule has 6 heteroatoms. The van der Waals surface area contributed by atoms with Gasteiger partial charge in [-0.15, -0.1) is 12.4 Å². The Balaban J connectivity index is 0. The SMILES string of the molecule is Cl.NC(CCC(=O)O)C(F)F. The number of carboxylic acids is 1. The van der Waals surface area contributed by atoms with E-state index in [1.54, 1.807) is 0 Å². The molecule has 0 amide bonds. The highest BCUT2D eigenvalue weighted by molar-refractivity contribution is 5.85. The number of carboxylic acid groups (broad SMARTS) is 1. The van der Waals surface area contributed by atoms with E-state index < -0.39 is 18.4 Å². The smallest absolute Gasteiger partial charge is 0.303 e. The van der Waals surface area contributed by atoms with Crippen molar-refractivity contribution >= 4 is 18.4 Å². The first-order chi connectivity index (χ1) is 4.54. The third kappa shape index (κ3) is 7.48. The van der Waals surface area contributed by atoms with Gasteiger partial charge in [0.25, 0.3) is 6.43 Å². The van der Waals surface area contributed by atoms with Crippen molar-refractivity contribution < 1.29 is 18.7 Å². The monoisotopic (exact) mass is 189 g/mol. The molecule has 0 spiro atoms. The van der Waals surface area contributed by atoms with Crippen LogP contribution in [0.15, 0.2) is 0 Å². The lowest BCUT2D eigenvalue weighted by atomic mass is 10.2. The molecule has 0 aliphatic carbocycles. The van der Waals surface area contributed by atoms with Gasteiger partial charge in [0, 0.05) is 6.42 Å². The van der Waals surface area contributed by atoms with E-state index in [1.165, 1.54) is 0 Å². The summed E-state index contributed by atoms with van der Waals surface area (Å²) in [6.07, 6.45) is -3.10. The molecule has 0 heterocycles. The number of aliphatic carboxylic acids is 1. The van der Waals surface area contributed by atoms with Crippen LogP contribution in [0.4, 0.5) is 8.78 Å². The molecule has 1 atom stereocenters. The molecular formula is C5H10ClF2NO2. The van der Waals surface area contributed by atoms with E-state index in [4.69, 9.17) is 10.8 Å². The van der Waals surface area contributed by atoms with Gasteiger partial charge in [0.1, 0.15) is 0 Å². The molecule has 0 aliphatic rings. The van der Waals surface area contributed by atoms with Crippen LogP contribution < -0.4 is 5.73 Å². The van der Waals surface area contributed by atoms with Crippen LogP contribution in [0.25, 0.3) is 0 Å². The summed E-state index contributed by atoms with van der Waals surface area (Å²) in [6, 6.07) is -1.31. The maximum Gasteiger partial charge on any atom is 0.303 e. The average molecular weight is 190 g/mol. The Morgan fingerprint density at radius 3 is 2.27 bits per heavy atom. The Labute approximate surface area is 69.0 Å². The molecule has 1 unspecified atom stereocenters. The van der Waals surface area contributed by atoms with Crippen LogP contribution in [-0.2, 0) is 4.79 Å². The molecule has 0 saturated heterocycles. The Hall–Kier alpha value is -0.420. The number of hydrogen-bond donors (Lipinski definition) is 2. The molecule has 3 N–H and O–H groups in total. The van der Waals surface area contributed by atoms with E-state index in [0.29, 0.717) is 0 Å². The predicted octanol–water partition coefficient (Wildman–Crippen LogP) is 0.865. The molecule has 0 rings (SSSR count). The molecule has 0 fully saturated rings. The minimum Gasteiger partial charge on any atom is -0.481 e. The van der Waals surface area contributed by atoms with Crippen LogP contribution in [0.2, 0.25) is 0 Å². The van der Waals surface area contributed by atoms with Crippen molar-refractivity contribution in [1.29, 1.82) is 0 Å². The zero-order chi connectivity index (χ0) is 8.15. The Morgan fingerprint density at radius 2 is 2.00 bits per heavy atom. The molecule has 0 aliphatic heterocycles. The normalized spacial score (nSPS) is 12.4. The summed E-state index contributed by atoms with van der Waals surface area (Å²) >= 11 is 0. The molecule has 68 valence electrons. The van der Waals surface area contributed by atoms with Gasteiger partial charge in [0.2, 0.25) is 0 Å². The maximum absolute atomic E-state index is 11.6. The van der Waals surface area contributed by atoms with Crippen molar-refractivity contribution in [2.75, 3.05) is 0 Å². The van der Waals surface area contributed by atoms with Gasteiger partial charge in [0.05, 0.1) is 6.04 Å². The topological polar surface area (TPSA) is 63.3 Å². The number of carbonyl (C=O) groups is 1. The molecule has 0 saturated carbocycles. The van der Waals surface area contributed by atoms with Crippen LogP contribution in [0.1, 0.15) is 12.8 Å².